The molecule has 0 saturated heterocycles. The summed E-state index contributed by atoms with van der Waals surface area (Å²) in [5.41, 5.74) is 0.950. The second-order valence-corrected chi connectivity index (χ2v) is 5.36. The van der Waals surface area contributed by atoms with Crippen molar-refractivity contribution in [3.8, 4) is 0 Å². The Hall–Kier alpha value is -1.65. The van der Waals surface area contributed by atoms with Crippen LogP contribution in [0, 0.1) is 0 Å². The van der Waals surface area contributed by atoms with Gasteiger partial charge < -0.3 is 5.32 Å². The number of nitrogens with one attached hydrogen (secondary N) is 1. The van der Waals surface area contributed by atoms with Crippen LogP contribution in [0.25, 0.3) is 10.8 Å². The normalized spacial score (nSPS) is 10.6. The summed E-state index contributed by atoms with van der Waals surface area (Å²) < 4.78 is 1.07. The number of nitrogens with zero attached hydrogens (tertiary/aromatic N) is 2. The molecule has 94 valence electrons. The van der Waals surface area contributed by atoms with Gasteiger partial charge in [0.15, 0.2) is 5.82 Å². The second kappa shape index (κ2) is 5.15. The van der Waals surface area contributed by atoms with Crippen LogP contribution in [0.2, 0.25) is 5.15 Å². The monoisotopic (exact) mass is 333 g/mol. The predicted octanol–water partition coefficient (Wildman–Crippen LogP) is 4.79. The molecule has 3 aromatic rings. The fraction of sp³-hybridized carbons (Fsp3) is 0. The van der Waals surface area contributed by atoms with Gasteiger partial charge in [-0.15, -0.1) is 0 Å². The van der Waals surface area contributed by atoms with Crippen LogP contribution in [-0.2, 0) is 0 Å². The number of rotatable bonds is 2. The zero-order valence-electron chi connectivity index (χ0n) is 9.77. The van der Waals surface area contributed by atoms with Crippen LogP contribution < -0.4 is 5.32 Å². The Morgan fingerprint density at radius 3 is 2.63 bits per heavy atom. The third kappa shape index (κ3) is 2.85. The molecule has 1 aromatic heterocycles. The van der Waals surface area contributed by atoms with E-state index in [-0.39, 0.29) is 0 Å². The van der Waals surface area contributed by atoms with Gasteiger partial charge in [-0.1, -0.05) is 39.7 Å². The van der Waals surface area contributed by atoms with Crippen molar-refractivity contribution in [1.29, 1.82) is 0 Å². The minimum atomic E-state index is 0.370. The van der Waals surface area contributed by atoms with Gasteiger partial charge in [-0.05, 0) is 35.0 Å². The van der Waals surface area contributed by atoms with E-state index in [4.69, 9.17) is 11.6 Å². The SMILES string of the molecule is Clc1cncc(Nc2ccc3cc(Br)ccc3c2)n1. The largest absolute Gasteiger partial charge is 0.339 e. The van der Waals surface area contributed by atoms with Crippen LogP contribution in [0.5, 0.6) is 0 Å². The molecule has 5 heteroatoms. The third-order valence-corrected chi connectivity index (χ3v) is 3.36. The van der Waals surface area contributed by atoms with E-state index in [1.54, 1.807) is 6.20 Å². The first kappa shape index (κ1) is 12.4. The average molecular weight is 335 g/mol. The molecule has 0 unspecified atom stereocenters. The van der Waals surface area contributed by atoms with Gasteiger partial charge in [0.05, 0.1) is 12.4 Å². The van der Waals surface area contributed by atoms with E-state index in [2.05, 4.69) is 55.5 Å². The van der Waals surface area contributed by atoms with Gasteiger partial charge in [-0.3, -0.25) is 4.98 Å². The third-order valence-electron chi connectivity index (χ3n) is 2.68. The Morgan fingerprint density at radius 2 is 1.79 bits per heavy atom. The molecule has 0 fully saturated rings. The minimum Gasteiger partial charge on any atom is -0.339 e. The summed E-state index contributed by atoms with van der Waals surface area (Å²) in [5.74, 6) is 0.629. The quantitative estimate of drug-likeness (QED) is 0.732. The molecule has 1 N–H and O–H groups in total. The summed E-state index contributed by atoms with van der Waals surface area (Å²) in [6.07, 6.45) is 3.14. The van der Waals surface area contributed by atoms with Crippen molar-refractivity contribution >= 4 is 49.8 Å². The number of hydrogen-bond acceptors (Lipinski definition) is 3. The number of halogens is 2. The highest BCUT2D eigenvalue weighted by Gasteiger charge is 2.00. The highest BCUT2D eigenvalue weighted by atomic mass is 79.9. The molecule has 3 rings (SSSR count). The van der Waals surface area contributed by atoms with Gasteiger partial charge in [0.1, 0.15) is 5.15 Å². The van der Waals surface area contributed by atoms with Crippen molar-refractivity contribution in [1.82, 2.24) is 9.97 Å². The molecule has 3 nitrogen and oxygen atoms in total. The van der Waals surface area contributed by atoms with Crippen molar-refractivity contribution in [3.05, 3.63) is 58.4 Å². The second-order valence-electron chi connectivity index (χ2n) is 4.06. The van der Waals surface area contributed by atoms with E-state index >= 15 is 0 Å². The lowest BCUT2D eigenvalue weighted by Gasteiger charge is -2.07. The van der Waals surface area contributed by atoms with E-state index in [9.17, 15) is 0 Å². The van der Waals surface area contributed by atoms with Gasteiger partial charge in [-0.25, -0.2) is 4.98 Å². The number of benzene rings is 2. The van der Waals surface area contributed by atoms with Crippen molar-refractivity contribution < 1.29 is 0 Å². The van der Waals surface area contributed by atoms with E-state index in [1.807, 2.05) is 12.1 Å². The molecular formula is C14H9BrClN3. The Morgan fingerprint density at radius 1 is 1.00 bits per heavy atom. The smallest absolute Gasteiger partial charge is 0.150 e. The number of fused-ring (bicyclic) bond motifs is 1. The predicted molar refractivity (Wildman–Crippen MR) is 82.0 cm³/mol. The summed E-state index contributed by atoms with van der Waals surface area (Å²) in [5, 5.41) is 5.89. The molecule has 0 saturated carbocycles. The molecule has 2 aromatic carbocycles. The first-order chi connectivity index (χ1) is 9.20. The van der Waals surface area contributed by atoms with Crippen LogP contribution in [0.1, 0.15) is 0 Å². The zero-order valence-corrected chi connectivity index (χ0v) is 12.1. The molecule has 0 amide bonds. The topological polar surface area (TPSA) is 37.8 Å². The molecule has 1 heterocycles. The van der Waals surface area contributed by atoms with Crippen molar-refractivity contribution in [3.63, 3.8) is 0 Å². The average Bonchev–Trinajstić information content (AvgIpc) is 2.39. The molecule has 0 aliphatic carbocycles. The van der Waals surface area contributed by atoms with Gasteiger partial charge in [0.25, 0.3) is 0 Å². The molecule has 0 spiro atoms. The first-order valence-corrected chi connectivity index (χ1v) is 6.82. The standard InChI is InChI=1S/C14H9BrClN3/c15-11-3-1-10-6-12(4-2-9(10)5-11)18-14-8-17-7-13(16)19-14/h1-8H,(H,18,19). The maximum atomic E-state index is 5.80. The van der Waals surface area contributed by atoms with Crippen molar-refractivity contribution in [2.45, 2.75) is 0 Å². The van der Waals surface area contributed by atoms with Gasteiger partial charge in [0.2, 0.25) is 0 Å². The maximum Gasteiger partial charge on any atom is 0.150 e. The Balaban J connectivity index is 1.95. The highest BCUT2D eigenvalue weighted by molar-refractivity contribution is 9.10. The summed E-state index contributed by atoms with van der Waals surface area (Å²) >= 11 is 9.27. The van der Waals surface area contributed by atoms with Crippen LogP contribution in [0.15, 0.2) is 53.3 Å². The summed E-state index contributed by atoms with van der Waals surface area (Å²) in [4.78, 5) is 8.14. The van der Waals surface area contributed by atoms with Gasteiger partial charge >= 0.3 is 0 Å². The summed E-state index contributed by atoms with van der Waals surface area (Å²) in [7, 11) is 0. The molecule has 19 heavy (non-hydrogen) atoms. The number of anilines is 2. The summed E-state index contributed by atoms with van der Waals surface area (Å²) in [6, 6.07) is 12.3. The van der Waals surface area contributed by atoms with E-state index in [1.165, 1.54) is 11.6 Å². The van der Waals surface area contributed by atoms with E-state index < -0.39 is 0 Å². The van der Waals surface area contributed by atoms with E-state index in [0.29, 0.717) is 11.0 Å². The van der Waals surface area contributed by atoms with Gasteiger partial charge in [-0.2, -0.15) is 0 Å². The van der Waals surface area contributed by atoms with Crippen LogP contribution in [-0.4, -0.2) is 9.97 Å². The number of aromatic nitrogens is 2. The summed E-state index contributed by atoms with van der Waals surface area (Å²) in [6.45, 7) is 0. The van der Waals surface area contributed by atoms with Crippen molar-refractivity contribution in [2.24, 2.45) is 0 Å². The Labute approximate surface area is 123 Å². The zero-order chi connectivity index (χ0) is 13.2. The Bertz CT molecular complexity index is 746. The van der Waals surface area contributed by atoms with Crippen LogP contribution >= 0.6 is 27.5 Å². The van der Waals surface area contributed by atoms with E-state index in [0.717, 1.165) is 15.5 Å². The van der Waals surface area contributed by atoms with Crippen LogP contribution in [0.3, 0.4) is 0 Å². The Kier molecular flexibility index (Phi) is 3.36. The molecule has 0 radical (unpaired) electrons. The lowest BCUT2D eigenvalue weighted by atomic mass is 10.1. The van der Waals surface area contributed by atoms with Crippen molar-refractivity contribution in [2.75, 3.05) is 5.32 Å². The van der Waals surface area contributed by atoms with Gasteiger partial charge in [0, 0.05) is 10.2 Å². The highest BCUT2D eigenvalue weighted by Crippen LogP contribution is 2.24. The lowest BCUT2D eigenvalue weighted by Crippen LogP contribution is -1.94. The fourth-order valence-electron chi connectivity index (χ4n) is 1.84. The molecule has 0 atom stereocenters. The lowest BCUT2D eigenvalue weighted by molar-refractivity contribution is 1.20. The molecule has 0 aliphatic heterocycles. The van der Waals surface area contributed by atoms with Crippen LogP contribution in [0.4, 0.5) is 11.5 Å². The maximum absolute atomic E-state index is 5.80. The molecule has 0 bridgehead atoms. The first-order valence-electron chi connectivity index (χ1n) is 5.64. The molecular weight excluding hydrogens is 326 g/mol. The fourth-order valence-corrected chi connectivity index (χ4v) is 2.37. The minimum absolute atomic E-state index is 0.370. The molecule has 0 aliphatic rings. The number of hydrogen-bond donors (Lipinski definition) is 1.